The van der Waals surface area contributed by atoms with Crippen LogP contribution in [0.4, 0.5) is 0 Å². The topological polar surface area (TPSA) is 76.4 Å². The summed E-state index contributed by atoms with van der Waals surface area (Å²) in [4.78, 5) is 16.1. The number of hydrogen-bond acceptors (Lipinski definition) is 5. The Kier molecular flexibility index (Phi) is 3.98. The van der Waals surface area contributed by atoms with Crippen molar-refractivity contribution < 1.29 is 13.9 Å². The van der Waals surface area contributed by atoms with Gasteiger partial charge in [-0.3, -0.25) is 4.79 Å². The number of nitrogens with zero attached hydrogens (tertiary/aromatic N) is 1. The van der Waals surface area contributed by atoms with Gasteiger partial charge in [-0.25, -0.2) is 4.98 Å². The van der Waals surface area contributed by atoms with Gasteiger partial charge in [0.1, 0.15) is 11.8 Å². The fraction of sp³-hybridized carbons (Fsp3) is 0.667. The molecule has 0 bridgehead atoms. The Morgan fingerprint density at radius 2 is 2.50 bits per heavy atom. The minimum Gasteiger partial charge on any atom is -0.444 e. The molecule has 1 aliphatic heterocycles. The summed E-state index contributed by atoms with van der Waals surface area (Å²) in [5.74, 6) is 1.23. The SMILES string of the molecule is COC1CNC(C(=O)NC(C)c2ncc(C)o2)C1. The molecule has 0 aromatic carbocycles. The minimum absolute atomic E-state index is 0.0436. The van der Waals surface area contributed by atoms with Crippen LogP contribution in [0, 0.1) is 6.92 Å². The van der Waals surface area contributed by atoms with Gasteiger partial charge >= 0.3 is 0 Å². The van der Waals surface area contributed by atoms with E-state index in [1.165, 1.54) is 0 Å². The molecule has 2 heterocycles. The predicted octanol–water partition coefficient (Wildman–Crippen LogP) is 0.537. The number of carbonyl (C=O) groups is 1. The molecule has 0 spiro atoms. The number of ether oxygens (including phenoxy) is 1. The standard InChI is InChI=1S/C12H19N3O3/c1-7-5-14-12(18-7)8(2)15-11(16)10-4-9(17-3)6-13-10/h5,8-10,13H,4,6H2,1-3H3,(H,15,16). The Labute approximate surface area is 106 Å². The number of carbonyl (C=O) groups excluding carboxylic acids is 1. The molecule has 18 heavy (non-hydrogen) atoms. The number of amides is 1. The number of hydrogen-bond donors (Lipinski definition) is 2. The van der Waals surface area contributed by atoms with Crippen LogP contribution in [0.15, 0.2) is 10.6 Å². The van der Waals surface area contributed by atoms with Crippen molar-refractivity contribution in [2.24, 2.45) is 0 Å². The van der Waals surface area contributed by atoms with Crippen LogP contribution >= 0.6 is 0 Å². The van der Waals surface area contributed by atoms with E-state index in [1.807, 2.05) is 13.8 Å². The lowest BCUT2D eigenvalue weighted by molar-refractivity contribution is -0.123. The van der Waals surface area contributed by atoms with Crippen LogP contribution in [-0.4, -0.2) is 36.7 Å². The maximum absolute atomic E-state index is 12.0. The second-order valence-electron chi connectivity index (χ2n) is 4.59. The molecule has 100 valence electrons. The smallest absolute Gasteiger partial charge is 0.237 e. The summed E-state index contributed by atoms with van der Waals surface area (Å²) in [6.45, 7) is 4.39. The highest BCUT2D eigenvalue weighted by Crippen LogP contribution is 2.14. The molecule has 2 rings (SSSR count). The number of aromatic nitrogens is 1. The summed E-state index contributed by atoms with van der Waals surface area (Å²) in [7, 11) is 1.66. The lowest BCUT2D eigenvalue weighted by atomic mass is 10.2. The molecule has 1 aromatic heterocycles. The molecule has 1 fully saturated rings. The summed E-state index contributed by atoms with van der Waals surface area (Å²) in [6.07, 6.45) is 2.45. The van der Waals surface area contributed by atoms with Gasteiger partial charge in [-0.15, -0.1) is 0 Å². The lowest BCUT2D eigenvalue weighted by Gasteiger charge is -2.14. The van der Waals surface area contributed by atoms with Crippen molar-refractivity contribution >= 4 is 5.91 Å². The molecule has 1 aliphatic rings. The fourth-order valence-electron chi connectivity index (χ4n) is 2.03. The molecule has 1 saturated heterocycles. The molecule has 0 radical (unpaired) electrons. The average molecular weight is 253 g/mol. The highest BCUT2D eigenvalue weighted by molar-refractivity contribution is 5.82. The maximum atomic E-state index is 12.0. The lowest BCUT2D eigenvalue weighted by Crippen LogP contribution is -2.41. The van der Waals surface area contributed by atoms with Gasteiger partial charge in [0.2, 0.25) is 11.8 Å². The van der Waals surface area contributed by atoms with E-state index in [2.05, 4.69) is 15.6 Å². The third-order valence-electron chi connectivity index (χ3n) is 3.11. The Morgan fingerprint density at radius 3 is 3.06 bits per heavy atom. The number of aryl methyl sites for hydroxylation is 1. The van der Waals surface area contributed by atoms with Crippen molar-refractivity contribution in [1.29, 1.82) is 0 Å². The summed E-state index contributed by atoms with van der Waals surface area (Å²) in [5.41, 5.74) is 0. The van der Waals surface area contributed by atoms with Crippen LogP contribution < -0.4 is 10.6 Å². The molecule has 6 heteroatoms. The van der Waals surface area contributed by atoms with Crippen LogP contribution in [0.1, 0.15) is 31.0 Å². The first-order valence-electron chi connectivity index (χ1n) is 6.09. The second kappa shape index (κ2) is 5.49. The van der Waals surface area contributed by atoms with Gasteiger partial charge in [0.15, 0.2) is 0 Å². The number of oxazole rings is 1. The summed E-state index contributed by atoms with van der Waals surface area (Å²) in [6, 6.07) is -0.428. The molecule has 2 N–H and O–H groups in total. The van der Waals surface area contributed by atoms with Crippen LogP contribution in [0.3, 0.4) is 0 Å². The van der Waals surface area contributed by atoms with Gasteiger partial charge in [-0.05, 0) is 20.3 Å². The van der Waals surface area contributed by atoms with E-state index in [0.717, 1.165) is 5.76 Å². The van der Waals surface area contributed by atoms with Crippen molar-refractivity contribution in [3.05, 3.63) is 17.8 Å². The Balaban J connectivity index is 1.88. The molecule has 3 atom stereocenters. The predicted molar refractivity (Wildman–Crippen MR) is 65.0 cm³/mol. The first-order chi connectivity index (χ1) is 8.60. The quantitative estimate of drug-likeness (QED) is 0.819. The van der Waals surface area contributed by atoms with Crippen molar-refractivity contribution in [3.8, 4) is 0 Å². The van der Waals surface area contributed by atoms with Crippen molar-refractivity contribution in [3.63, 3.8) is 0 Å². The number of methoxy groups -OCH3 is 1. The van der Waals surface area contributed by atoms with E-state index >= 15 is 0 Å². The third kappa shape index (κ3) is 2.88. The molecule has 1 amide bonds. The highest BCUT2D eigenvalue weighted by Gasteiger charge is 2.30. The van der Waals surface area contributed by atoms with E-state index in [4.69, 9.17) is 9.15 Å². The van der Waals surface area contributed by atoms with E-state index in [9.17, 15) is 4.79 Å². The fourth-order valence-corrected chi connectivity index (χ4v) is 2.03. The van der Waals surface area contributed by atoms with Crippen LogP contribution in [-0.2, 0) is 9.53 Å². The van der Waals surface area contributed by atoms with Gasteiger partial charge in [0.25, 0.3) is 0 Å². The number of nitrogens with one attached hydrogen (secondary N) is 2. The molecule has 6 nitrogen and oxygen atoms in total. The molecule has 0 saturated carbocycles. The molecular formula is C12H19N3O3. The van der Waals surface area contributed by atoms with Gasteiger partial charge in [0, 0.05) is 13.7 Å². The van der Waals surface area contributed by atoms with E-state index < -0.39 is 0 Å². The molecule has 3 unspecified atom stereocenters. The molecule has 1 aromatic rings. The van der Waals surface area contributed by atoms with Gasteiger partial charge < -0.3 is 19.8 Å². The van der Waals surface area contributed by atoms with E-state index in [-0.39, 0.29) is 24.1 Å². The molecule has 0 aliphatic carbocycles. The zero-order valence-electron chi connectivity index (χ0n) is 10.9. The van der Waals surface area contributed by atoms with Gasteiger partial charge in [-0.1, -0.05) is 0 Å². The second-order valence-corrected chi connectivity index (χ2v) is 4.59. The normalized spacial score (nSPS) is 25.1. The van der Waals surface area contributed by atoms with Crippen molar-refractivity contribution in [1.82, 2.24) is 15.6 Å². The zero-order chi connectivity index (χ0) is 13.1. The number of rotatable bonds is 4. The largest absolute Gasteiger partial charge is 0.444 e. The van der Waals surface area contributed by atoms with Gasteiger partial charge in [0.05, 0.1) is 18.3 Å². The summed E-state index contributed by atoms with van der Waals surface area (Å²) < 4.78 is 10.6. The first-order valence-corrected chi connectivity index (χ1v) is 6.09. The monoisotopic (exact) mass is 253 g/mol. The highest BCUT2D eigenvalue weighted by atomic mass is 16.5. The Morgan fingerprint density at radius 1 is 1.72 bits per heavy atom. The minimum atomic E-state index is -0.227. The zero-order valence-corrected chi connectivity index (χ0v) is 10.9. The third-order valence-corrected chi connectivity index (χ3v) is 3.11. The maximum Gasteiger partial charge on any atom is 0.237 e. The van der Waals surface area contributed by atoms with E-state index in [1.54, 1.807) is 13.3 Å². The summed E-state index contributed by atoms with van der Waals surface area (Å²) >= 11 is 0. The van der Waals surface area contributed by atoms with Crippen LogP contribution in [0.2, 0.25) is 0 Å². The van der Waals surface area contributed by atoms with Gasteiger partial charge in [-0.2, -0.15) is 0 Å². The van der Waals surface area contributed by atoms with Crippen LogP contribution in [0.5, 0.6) is 0 Å². The molecular weight excluding hydrogens is 234 g/mol. The van der Waals surface area contributed by atoms with E-state index in [0.29, 0.717) is 18.9 Å². The average Bonchev–Trinajstić information content (AvgIpc) is 2.97. The first kappa shape index (κ1) is 13.0. The Bertz CT molecular complexity index is 418. The van der Waals surface area contributed by atoms with Crippen molar-refractivity contribution in [2.45, 2.75) is 38.5 Å². The summed E-state index contributed by atoms with van der Waals surface area (Å²) in [5, 5.41) is 6.01. The Hall–Kier alpha value is -1.40. The van der Waals surface area contributed by atoms with Crippen molar-refractivity contribution in [2.75, 3.05) is 13.7 Å². The van der Waals surface area contributed by atoms with Crippen LogP contribution in [0.25, 0.3) is 0 Å².